The minimum atomic E-state index is 0.800. The predicted octanol–water partition coefficient (Wildman–Crippen LogP) is 3.24. The van der Waals surface area contributed by atoms with Gasteiger partial charge in [0.05, 0.1) is 18.1 Å². The van der Waals surface area contributed by atoms with Gasteiger partial charge in [-0.1, -0.05) is 0 Å². The van der Waals surface area contributed by atoms with Crippen molar-refractivity contribution in [3.63, 3.8) is 0 Å². The van der Waals surface area contributed by atoms with Gasteiger partial charge in [0.25, 0.3) is 0 Å². The summed E-state index contributed by atoms with van der Waals surface area (Å²) in [6.07, 6.45) is 5.59. The van der Waals surface area contributed by atoms with Crippen molar-refractivity contribution < 1.29 is 0 Å². The molecule has 0 bridgehead atoms. The molecule has 7 nitrogen and oxygen atoms in total. The number of halogens is 1. The molecule has 4 rings (SSSR count). The van der Waals surface area contributed by atoms with Crippen molar-refractivity contribution in [1.29, 1.82) is 0 Å². The van der Waals surface area contributed by atoms with Crippen molar-refractivity contribution in [2.45, 2.75) is 6.92 Å². The molecule has 4 aromatic heterocycles. The zero-order valence-electron chi connectivity index (χ0n) is 12.4. The molecular formula is C14H12IN7S. The Morgan fingerprint density at radius 1 is 1.22 bits per heavy atom. The molecular weight excluding hydrogens is 425 g/mol. The molecule has 0 saturated carbocycles. The largest absolute Gasteiger partial charge is 0.330 e. The summed E-state index contributed by atoms with van der Waals surface area (Å²) in [7, 11) is 1.89. The summed E-state index contributed by atoms with van der Waals surface area (Å²) in [4.78, 5) is 4.63. The van der Waals surface area contributed by atoms with Crippen molar-refractivity contribution in [2.75, 3.05) is 5.32 Å². The number of anilines is 2. The van der Waals surface area contributed by atoms with Crippen molar-refractivity contribution in [3.05, 3.63) is 40.1 Å². The maximum atomic E-state index is 4.63. The van der Waals surface area contributed by atoms with Crippen LogP contribution in [0.2, 0.25) is 0 Å². The Kier molecular flexibility index (Phi) is 3.53. The lowest BCUT2D eigenvalue weighted by molar-refractivity contribution is 0.768. The van der Waals surface area contributed by atoms with E-state index in [2.05, 4.69) is 47.5 Å². The Morgan fingerprint density at radius 3 is 2.78 bits per heavy atom. The standard InChI is InChI=1S/C14H12IN7S/c1-8-3-13(23-20-8)19-12-4-11(15)18-14-10(6-17-22(12)14)9-5-16-21(2)7-9/h3-7,19H,1-2H3. The van der Waals surface area contributed by atoms with E-state index >= 15 is 0 Å². The summed E-state index contributed by atoms with van der Waals surface area (Å²) in [5.41, 5.74) is 3.75. The highest BCUT2D eigenvalue weighted by atomic mass is 127. The molecule has 0 aliphatic rings. The topological polar surface area (TPSA) is 72.9 Å². The summed E-state index contributed by atoms with van der Waals surface area (Å²) in [5.74, 6) is 0.859. The molecule has 4 heterocycles. The first-order valence-corrected chi connectivity index (χ1v) is 8.69. The first-order valence-electron chi connectivity index (χ1n) is 6.84. The summed E-state index contributed by atoms with van der Waals surface area (Å²) < 4.78 is 8.76. The maximum absolute atomic E-state index is 4.63. The number of hydrogen-bond acceptors (Lipinski definition) is 6. The van der Waals surface area contributed by atoms with Gasteiger partial charge >= 0.3 is 0 Å². The first kappa shape index (κ1) is 14.6. The van der Waals surface area contributed by atoms with E-state index in [9.17, 15) is 0 Å². The fraction of sp³-hybridized carbons (Fsp3) is 0.143. The normalized spacial score (nSPS) is 11.3. The number of fused-ring (bicyclic) bond motifs is 1. The predicted molar refractivity (Wildman–Crippen MR) is 98.0 cm³/mol. The van der Waals surface area contributed by atoms with E-state index in [1.54, 1.807) is 9.20 Å². The molecule has 23 heavy (non-hydrogen) atoms. The molecule has 4 aromatic rings. The molecule has 0 aromatic carbocycles. The van der Waals surface area contributed by atoms with Gasteiger partial charge in [-0.25, -0.2) is 4.98 Å². The molecule has 0 amide bonds. The summed E-state index contributed by atoms with van der Waals surface area (Å²) >= 11 is 3.64. The first-order chi connectivity index (χ1) is 11.1. The monoisotopic (exact) mass is 437 g/mol. The van der Waals surface area contributed by atoms with Crippen LogP contribution in [0, 0.1) is 10.6 Å². The summed E-state index contributed by atoms with van der Waals surface area (Å²) in [6.45, 7) is 1.97. The van der Waals surface area contributed by atoms with Crippen LogP contribution in [0.3, 0.4) is 0 Å². The Hall–Kier alpha value is -2.01. The number of rotatable bonds is 3. The smallest absolute Gasteiger partial charge is 0.166 e. The summed E-state index contributed by atoms with van der Waals surface area (Å²) in [5, 5.41) is 13.1. The van der Waals surface area contributed by atoms with Gasteiger partial charge < -0.3 is 5.32 Å². The Bertz CT molecular complexity index is 1000. The zero-order chi connectivity index (χ0) is 16.0. The fourth-order valence-electron chi connectivity index (χ4n) is 2.33. The van der Waals surface area contributed by atoms with Crippen molar-refractivity contribution in [2.24, 2.45) is 7.05 Å². The van der Waals surface area contributed by atoms with Crippen molar-refractivity contribution in [1.82, 2.24) is 28.8 Å². The van der Waals surface area contributed by atoms with Gasteiger partial charge in [-0.15, -0.1) is 0 Å². The Labute approximate surface area is 149 Å². The van der Waals surface area contributed by atoms with Gasteiger partial charge in [0.15, 0.2) is 5.65 Å². The van der Waals surface area contributed by atoms with Gasteiger partial charge in [-0.2, -0.15) is 19.1 Å². The second kappa shape index (κ2) is 5.57. The van der Waals surface area contributed by atoms with E-state index in [-0.39, 0.29) is 0 Å². The zero-order valence-corrected chi connectivity index (χ0v) is 15.3. The van der Waals surface area contributed by atoms with Gasteiger partial charge in [-0.3, -0.25) is 4.68 Å². The van der Waals surface area contributed by atoms with E-state index < -0.39 is 0 Å². The highest BCUT2D eigenvalue weighted by Crippen LogP contribution is 2.28. The second-order valence-electron chi connectivity index (χ2n) is 5.12. The minimum Gasteiger partial charge on any atom is -0.330 e. The van der Waals surface area contributed by atoms with Crippen molar-refractivity contribution >= 4 is 50.6 Å². The molecule has 1 N–H and O–H groups in total. The molecule has 0 aliphatic heterocycles. The highest BCUT2D eigenvalue weighted by molar-refractivity contribution is 14.1. The molecule has 0 spiro atoms. The molecule has 0 atom stereocenters. The van der Waals surface area contributed by atoms with Crippen LogP contribution in [0.5, 0.6) is 0 Å². The van der Waals surface area contributed by atoms with Crippen LogP contribution in [-0.4, -0.2) is 28.8 Å². The number of nitrogens with one attached hydrogen (secondary N) is 1. The average Bonchev–Trinajstić information content (AvgIpc) is 3.19. The Morgan fingerprint density at radius 2 is 2.09 bits per heavy atom. The molecule has 0 radical (unpaired) electrons. The molecule has 0 fully saturated rings. The van der Waals surface area contributed by atoms with Crippen LogP contribution in [0.1, 0.15) is 5.69 Å². The highest BCUT2D eigenvalue weighted by Gasteiger charge is 2.14. The molecule has 0 saturated heterocycles. The third-order valence-electron chi connectivity index (χ3n) is 3.34. The van der Waals surface area contributed by atoms with Crippen LogP contribution in [0.25, 0.3) is 16.8 Å². The van der Waals surface area contributed by atoms with Crippen molar-refractivity contribution in [3.8, 4) is 11.1 Å². The van der Waals surface area contributed by atoms with Crippen LogP contribution in [-0.2, 0) is 7.05 Å². The van der Waals surface area contributed by atoms with Crippen LogP contribution in [0.4, 0.5) is 10.8 Å². The fourth-order valence-corrected chi connectivity index (χ4v) is 3.53. The van der Waals surface area contributed by atoms with Crippen LogP contribution >= 0.6 is 34.1 Å². The molecule has 0 aliphatic carbocycles. The van der Waals surface area contributed by atoms with Gasteiger partial charge in [0.2, 0.25) is 0 Å². The van der Waals surface area contributed by atoms with E-state index in [1.807, 2.05) is 44.7 Å². The molecule has 116 valence electrons. The number of hydrogen-bond donors (Lipinski definition) is 1. The van der Waals surface area contributed by atoms with Gasteiger partial charge in [-0.05, 0) is 47.1 Å². The number of aryl methyl sites for hydroxylation is 2. The number of nitrogens with zero attached hydrogens (tertiary/aromatic N) is 6. The maximum Gasteiger partial charge on any atom is 0.166 e. The van der Waals surface area contributed by atoms with E-state index in [0.29, 0.717) is 0 Å². The van der Waals surface area contributed by atoms with E-state index in [1.165, 1.54) is 11.5 Å². The SMILES string of the molecule is Cc1cc(Nc2cc(I)nc3c(-c4cnn(C)c4)cnn23)sn1. The lowest BCUT2D eigenvalue weighted by Gasteiger charge is -2.06. The lowest BCUT2D eigenvalue weighted by atomic mass is 10.2. The van der Waals surface area contributed by atoms with Crippen LogP contribution < -0.4 is 5.32 Å². The minimum absolute atomic E-state index is 0.800. The van der Waals surface area contributed by atoms with E-state index in [0.717, 1.165) is 37.0 Å². The summed E-state index contributed by atoms with van der Waals surface area (Å²) in [6, 6.07) is 3.97. The lowest BCUT2D eigenvalue weighted by Crippen LogP contribution is -2.01. The number of aromatic nitrogens is 6. The third-order valence-corrected chi connectivity index (χ3v) is 4.68. The third kappa shape index (κ3) is 2.70. The molecule has 0 unspecified atom stereocenters. The van der Waals surface area contributed by atoms with Gasteiger partial charge in [0, 0.05) is 30.4 Å². The molecule has 9 heteroatoms. The van der Waals surface area contributed by atoms with Gasteiger partial charge in [0.1, 0.15) is 14.5 Å². The average molecular weight is 437 g/mol. The van der Waals surface area contributed by atoms with Crippen LogP contribution in [0.15, 0.2) is 30.7 Å². The quantitative estimate of drug-likeness (QED) is 0.394. The second-order valence-corrected chi connectivity index (χ2v) is 7.03. The van der Waals surface area contributed by atoms with E-state index in [4.69, 9.17) is 0 Å². The Balaban J connectivity index is 1.84.